The highest BCUT2D eigenvalue weighted by Crippen LogP contribution is 2.16. The number of rotatable bonds is 44. The third kappa shape index (κ3) is 41.6. The molecule has 0 aromatic heterocycles. The van der Waals surface area contributed by atoms with Gasteiger partial charge in [0.25, 0.3) is 0 Å². The molecule has 6 nitrogen and oxygen atoms in total. The van der Waals surface area contributed by atoms with Gasteiger partial charge in [0.05, 0.1) is 0 Å². The van der Waals surface area contributed by atoms with Gasteiger partial charge in [-0.05, 0) is 19.3 Å². The minimum Gasteiger partial charge on any atom is -0.462 e. The zero-order chi connectivity index (χ0) is 39.4. The number of unbranched alkanes of at least 4 members (excludes halogenated alkanes) is 33. The molecule has 0 bridgehead atoms. The summed E-state index contributed by atoms with van der Waals surface area (Å²) in [5, 5.41) is 0. The monoisotopic (exact) mass is 765 g/mol. The summed E-state index contributed by atoms with van der Waals surface area (Å²) in [6.07, 6.45) is 45.4. The van der Waals surface area contributed by atoms with Gasteiger partial charge in [0.15, 0.2) is 6.10 Å². The maximum Gasteiger partial charge on any atom is 0.306 e. The molecule has 0 aliphatic heterocycles. The van der Waals surface area contributed by atoms with Gasteiger partial charge in [-0.2, -0.15) is 0 Å². The van der Waals surface area contributed by atoms with Gasteiger partial charge in [0.1, 0.15) is 13.2 Å². The first-order valence-electron chi connectivity index (χ1n) is 24.0. The van der Waals surface area contributed by atoms with Crippen LogP contribution in [-0.4, -0.2) is 37.2 Å². The lowest BCUT2D eigenvalue weighted by atomic mass is 10.0. The number of esters is 3. The molecule has 1 atom stereocenters. The van der Waals surface area contributed by atoms with Crippen LogP contribution in [0.15, 0.2) is 0 Å². The molecule has 0 saturated heterocycles. The van der Waals surface area contributed by atoms with E-state index < -0.39 is 6.10 Å². The standard InChI is InChI=1S/C48H92O6/c1-4-7-10-13-15-17-19-21-23-25-27-29-31-33-36-39-42-48(51)54-45(43-52-46(49)40-37-34-12-9-6-3)44-53-47(50)41-38-35-32-30-28-26-24-22-20-18-16-14-11-8-5-2/h45H,4-44H2,1-3H3/t45-/m0/s1. The second-order valence-electron chi connectivity index (χ2n) is 16.4. The Hall–Kier alpha value is -1.59. The van der Waals surface area contributed by atoms with Crippen molar-refractivity contribution < 1.29 is 28.6 Å². The average Bonchev–Trinajstić information content (AvgIpc) is 3.17. The predicted molar refractivity (Wildman–Crippen MR) is 229 cm³/mol. The van der Waals surface area contributed by atoms with E-state index in [2.05, 4.69) is 20.8 Å². The summed E-state index contributed by atoms with van der Waals surface area (Å²) in [4.78, 5) is 37.5. The van der Waals surface area contributed by atoms with Crippen LogP contribution >= 0.6 is 0 Å². The Labute approximate surface area is 336 Å². The van der Waals surface area contributed by atoms with Crippen LogP contribution in [0.2, 0.25) is 0 Å². The summed E-state index contributed by atoms with van der Waals surface area (Å²) in [5.74, 6) is -0.861. The van der Waals surface area contributed by atoms with Crippen molar-refractivity contribution in [2.75, 3.05) is 13.2 Å². The molecule has 0 rings (SSSR count). The Morgan fingerprint density at radius 3 is 0.741 bits per heavy atom. The fraction of sp³-hybridized carbons (Fsp3) is 0.938. The van der Waals surface area contributed by atoms with E-state index in [4.69, 9.17) is 14.2 Å². The van der Waals surface area contributed by atoms with Crippen LogP contribution in [0, 0.1) is 0 Å². The fourth-order valence-corrected chi connectivity index (χ4v) is 7.21. The third-order valence-electron chi connectivity index (χ3n) is 10.9. The van der Waals surface area contributed by atoms with E-state index in [1.54, 1.807) is 0 Å². The number of hydrogen-bond donors (Lipinski definition) is 0. The molecular formula is C48H92O6. The molecule has 0 fully saturated rings. The zero-order valence-corrected chi connectivity index (χ0v) is 36.5. The van der Waals surface area contributed by atoms with Crippen LogP contribution in [0.3, 0.4) is 0 Å². The molecule has 0 saturated carbocycles. The lowest BCUT2D eigenvalue weighted by molar-refractivity contribution is -0.167. The summed E-state index contributed by atoms with van der Waals surface area (Å²) < 4.78 is 16.6. The van der Waals surface area contributed by atoms with Crippen molar-refractivity contribution in [3.05, 3.63) is 0 Å². The first kappa shape index (κ1) is 52.4. The molecule has 320 valence electrons. The molecule has 0 aliphatic carbocycles. The van der Waals surface area contributed by atoms with Crippen LogP contribution in [0.5, 0.6) is 0 Å². The molecule has 0 radical (unpaired) electrons. The van der Waals surface area contributed by atoms with Crippen molar-refractivity contribution >= 4 is 17.9 Å². The molecule has 0 unspecified atom stereocenters. The fourth-order valence-electron chi connectivity index (χ4n) is 7.21. The number of carbonyl (C=O) groups is 3. The summed E-state index contributed by atoms with van der Waals surface area (Å²) in [7, 11) is 0. The van der Waals surface area contributed by atoms with E-state index in [-0.39, 0.29) is 31.1 Å². The van der Waals surface area contributed by atoms with E-state index in [1.807, 2.05) is 0 Å². The first-order valence-corrected chi connectivity index (χ1v) is 24.0. The van der Waals surface area contributed by atoms with E-state index in [1.165, 1.54) is 167 Å². The molecule has 0 N–H and O–H groups in total. The van der Waals surface area contributed by atoms with Crippen molar-refractivity contribution in [3.8, 4) is 0 Å². The smallest absolute Gasteiger partial charge is 0.306 e. The molecule has 6 heteroatoms. The van der Waals surface area contributed by atoms with Gasteiger partial charge in [0.2, 0.25) is 0 Å². The Morgan fingerprint density at radius 2 is 0.500 bits per heavy atom. The van der Waals surface area contributed by atoms with Crippen LogP contribution in [0.1, 0.15) is 271 Å². The van der Waals surface area contributed by atoms with Crippen molar-refractivity contribution in [1.29, 1.82) is 0 Å². The SMILES string of the molecule is CCCCCCCCCCCCCCCCCCC(=O)O[C@@H](COC(=O)CCCCCCC)COC(=O)CCCCCCCCCCCCCCCCC. The minimum atomic E-state index is -0.757. The molecule has 54 heavy (non-hydrogen) atoms. The number of ether oxygens (including phenoxy) is 3. The molecule has 0 amide bonds. The second kappa shape index (κ2) is 44.1. The maximum absolute atomic E-state index is 12.7. The Bertz CT molecular complexity index is 798. The lowest BCUT2D eigenvalue weighted by Crippen LogP contribution is -2.30. The van der Waals surface area contributed by atoms with Crippen LogP contribution in [0.25, 0.3) is 0 Å². The van der Waals surface area contributed by atoms with E-state index in [0.717, 1.165) is 64.2 Å². The van der Waals surface area contributed by atoms with Crippen molar-refractivity contribution in [2.45, 2.75) is 277 Å². The van der Waals surface area contributed by atoms with Gasteiger partial charge >= 0.3 is 17.9 Å². The molecule has 0 aromatic rings. The van der Waals surface area contributed by atoms with Crippen LogP contribution in [-0.2, 0) is 28.6 Å². The van der Waals surface area contributed by atoms with Crippen molar-refractivity contribution in [3.63, 3.8) is 0 Å². The van der Waals surface area contributed by atoms with Crippen molar-refractivity contribution in [2.24, 2.45) is 0 Å². The number of hydrogen-bond acceptors (Lipinski definition) is 6. The summed E-state index contributed by atoms with van der Waals surface area (Å²) in [6, 6.07) is 0. The van der Waals surface area contributed by atoms with E-state index in [0.29, 0.717) is 19.3 Å². The lowest BCUT2D eigenvalue weighted by Gasteiger charge is -2.18. The minimum absolute atomic E-state index is 0.0634. The molecule has 0 aromatic carbocycles. The molecular weight excluding hydrogens is 673 g/mol. The maximum atomic E-state index is 12.7. The third-order valence-corrected chi connectivity index (χ3v) is 10.9. The van der Waals surface area contributed by atoms with Crippen molar-refractivity contribution in [1.82, 2.24) is 0 Å². The predicted octanol–water partition coefficient (Wildman–Crippen LogP) is 15.3. The Kier molecular flexibility index (Phi) is 42.8. The van der Waals surface area contributed by atoms with Gasteiger partial charge in [-0.1, -0.05) is 233 Å². The Morgan fingerprint density at radius 1 is 0.296 bits per heavy atom. The van der Waals surface area contributed by atoms with Gasteiger partial charge in [0, 0.05) is 19.3 Å². The zero-order valence-electron chi connectivity index (χ0n) is 36.5. The first-order chi connectivity index (χ1) is 26.5. The van der Waals surface area contributed by atoms with Gasteiger partial charge in [-0.15, -0.1) is 0 Å². The Balaban J connectivity index is 4.14. The number of carbonyl (C=O) groups excluding carboxylic acids is 3. The van der Waals surface area contributed by atoms with Gasteiger partial charge in [-0.3, -0.25) is 14.4 Å². The quantitative estimate of drug-likeness (QED) is 0.0349. The average molecular weight is 765 g/mol. The molecule has 0 aliphatic rings. The highest BCUT2D eigenvalue weighted by atomic mass is 16.6. The second-order valence-corrected chi connectivity index (χ2v) is 16.4. The topological polar surface area (TPSA) is 78.9 Å². The van der Waals surface area contributed by atoms with Gasteiger partial charge < -0.3 is 14.2 Å². The van der Waals surface area contributed by atoms with E-state index >= 15 is 0 Å². The molecule has 0 heterocycles. The van der Waals surface area contributed by atoms with Crippen LogP contribution in [0.4, 0.5) is 0 Å². The van der Waals surface area contributed by atoms with Gasteiger partial charge in [-0.25, -0.2) is 0 Å². The summed E-state index contributed by atoms with van der Waals surface area (Å²) in [5.41, 5.74) is 0. The summed E-state index contributed by atoms with van der Waals surface area (Å²) in [6.45, 7) is 6.59. The van der Waals surface area contributed by atoms with E-state index in [9.17, 15) is 14.4 Å². The highest BCUT2D eigenvalue weighted by molar-refractivity contribution is 5.71. The normalized spacial score (nSPS) is 11.8. The largest absolute Gasteiger partial charge is 0.462 e. The van der Waals surface area contributed by atoms with Crippen LogP contribution < -0.4 is 0 Å². The summed E-state index contributed by atoms with van der Waals surface area (Å²) >= 11 is 0. The molecule has 0 spiro atoms. The highest BCUT2D eigenvalue weighted by Gasteiger charge is 2.19.